The number of thiophene rings is 1. The first-order valence-corrected chi connectivity index (χ1v) is 12.3. The molecule has 31 heavy (non-hydrogen) atoms. The molecule has 8 heteroatoms. The number of carbonyl (C=O) groups excluding carboxylic acids is 1. The Morgan fingerprint density at radius 1 is 1.03 bits per heavy atom. The molecule has 0 saturated carbocycles. The van der Waals surface area contributed by atoms with Crippen molar-refractivity contribution in [2.45, 2.75) is 23.5 Å². The van der Waals surface area contributed by atoms with E-state index in [0.29, 0.717) is 17.2 Å². The molecule has 1 atom stereocenters. The number of hydrogen-bond donors (Lipinski definition) is 1. The Labute approximate surface area is 186 Å². The van der Waals surface area contributed by atoms with Crippen molar-refractivity contribution in [3.63, 3.8) is 0 Å². The fourth-order valence-corrected chi connectivity index (χ4v) is 5.88. The average molecular weight is 460 g/mol. The van der Waals surface area contributed by atoms with Gasteiger partial charge in [0.05, 0.1) is 25.0 Å². The van der Waals surface area contributed by atoms with Crippen LogP contribution in [0.1, 0.15) is 22.6 Å². The number of sulfone groups is 1. The third kappa shape index (κ3) is 5.86. The molecule has 164 valence electrons. The lowest BCUT2D eigenvalue weighted by Gasteiger charge is -2.18. The van der Waals surface area contributed by atoms with E-state index in [9.17, 15) is 13.2 Å². The van der Waals surface area contributed by atoms with E-state index in [1.54, 1.807) is 24.3 Å². The molecule has 1 aromatic heterocycles. The molecule has 1 N–H and O–H groups in total. The van der Waals surface area contributed by atoms with E-state index in [-0.39, 0.29) is 23.8 Å². The summed E-state index contributed by atoms with van der Waals surface area (Å²) in [7, 11) is -2.18. The van der Waals surface area contributed by atoms with Gasteiger partial charge in [0.15, 0.2) is 9.84 Å². The van der Waals surface area contributed by atoms with Crippen LogP contribution in [-0.2, 0) is 21.1 Å². The van der Waals surface area contributed by atoms with Crippen LogP contribution in [0.15, 0.2) is 70.9 Å². The summed E-state index contributed by atoms with van der Waals surface area (Å²) in [6, 6.07) is 17.1. The van der Waals surface area contributed by atoms with E-state index in [4.69, 9.17) is 9.47 Å². The summed E-state index contributed by atoms with van der Waals surface area (Å²) in [6.45, 7) is 2.47. The molecule has 6 nitrogen and oxygen atoms in total. The summed E-state index contributed by atoms with van der Waals surface area (Å²) >= 11 is 1.35. The van der Waals surface area contributed by atoms with Crippen LogP contribution in [0.25, 0.3) is 0 Å². The second-order valence-electron chi connectivity index (χ2n) is 6.78. The van der Waals surface area contributed by atoms with E-state index in [1.807, 2.05) is 36.6 Å². The predicted octanol–water partition coefficient (Wildman–Crippen LogP) is 4.03. The lowest BCUT2D eigenvalue weighted by Crippen LogP contribution is -2.32. The third-order valence-corrected chi connectivity index (χ3v) is 7.94. The SMILES string of the molecule is CCOc1ccc(CC(=O)NCC(c2cccs2)S(=O)(=O)c2ccc(OC)cc2)cc1. The predicted molar refractivity (Wildman–Crippen MR) is 122 cm³/mol. The van der Waals surface area contributed by atoms with E-state index in [2.05, 4.69) is 5.32 Å². The first-order valence-electron chi connectivity index (χ1n) is 9.84. The molecular formula is C23H25NO5S2. The van der Waals surface area contributed by atoms with Gasteiger partial charge in [0.25, 0.3) is 0 Å². The number of benzene rings is 2. The zero-order valence-corrected chi connectivity index (χ0v) is 19.0. The van der Waals surface area contributed by atoms with Gasteiger partial charge in [-0.25, -0.2) is 8.42 Å². The van der Waals surface area contributed by atoms with Gasteiger partial charge in [-0.2, -0.15) is 0 Å². The molecule has 3 rings (SSSR count). The van der Waals surface area contributed by atoms with Gasteiger partial charge in [0.2, 0.25) is 5.91 Å². The van der Waals surface area contributed by atoms with Gasteiger partial charge in [0, 0.05) is 11.4 Å². The van der Waals surface area contributed by atoms with Crippen molar-refractivity contribution in [2.75, 3.05) is 20.3 Å². The minimum absolute atomic E-state index is 0.00919. The van der Waals surface area contributed by atoms with E-state index in [1.165, 1.54) is 30.6 Å². The van der Waals surface area contributed by atoms with E-state index >= 15 is 0 Å². The zero-order valence-electron chi connectivity index (χ0n) is 17.4. The summed E-state index contributed by atoms with van der Waals surface area (Å²) in [5.74, 6) is 1.08. The number of rotatable bonds is 10. The molecule has 1 amide bonds. The van der Waals surface area contributed by atoms with Gasteiger partial charge in [0.1, 0.15) is 16.7 Å². The molecule has 0 saturated heterocycles. The molecule has 0 aliphatic rings. The van der Waals surface area contributed by atoms with Crippen LogP contribution in [-0.4, -0.2) is 34.6 Å². The maximum Gasteiger partial charge on any atom is 0.224 e. The molecule has 0 radical (unpaired) electrons. The van der Waals surface area contributed by atoms with Crippen molar-refractivity contribution < 1.29 is 22.7 Å². The monoisotopic (exact) mass is 459 g/mol. The number of nitrogens with one attached hydrogen (secondary N) is 1. The molecule has 3 aromatic rings. The number of amides is 1. The van der Waals surface area contributed by atoms with Crippen molar-refractivity contribution in [1.82, 2.24) is 5.32 Å². The van der Waals surface area contributed by atoms with Crippen molar-refractivity contribution in [2.24, 2.45) is 0 Å². The van der Waals surface area contributed by atoms with Crippen molar-refractivity contribution in [3.8, 4) is 11.5 Å². The summed E-state index contributed by atoms with van der Waals surface area (Å²) < 4.78 is 37.1. The molecule has 0 spiro atoms. The number of ether oxygens (including phenoxy) is 2. The minimum Gasteiger partial charge on any atom is -0.497 e. The van der Waals surface area contributed by atoms with Gasteiger partial charge in [-0.3, -0.25) is 4.79 Å². The highest BCUT2D eigenvalue weighted by molar-refractivity contribution is 7.91. The second-order valence-corrected chi connectivity index (χ2v) is 9.89. The van der Waals surface area contributed by atoms with Crippen LogP contribution < -0.4 is 14.8 Å². The third-order valence-electron chi connectivity index (χ3n) is 4.71. The summed E-state index contributed by atoms with van der Waals surface area (Å²) in [6.07, 6.45) is 0.159. The highest BCUT2D eigenvalue weighted by atomic mass is 32.2. The number of hydrogen-bond acceptors (Lipinski definition) is 6. The Balaban J connectivity index is 1.72. The molecular weight excluding hydrogens is 434 g/mol. The van der Waals surface area contributed by atoms with Gasteiger partial charge in [-0.15, -0.1) is 11.3 Å². The van der Waals surface area contributed by atoms with Gasteiger partial charge in [-0.05, 0) is 60.3 Å². The van der Waals surface area contributed by atoms with Crippen molar-refractivity contribution >= 4 is 27.1 Å². The van der Waals surface area contributed by atoms with Crippen LogP contribution in [0.4, 0.5) is 0 Å². The Hall–Kier alpha value is -2.84. The molecule has 1 unspecified atom stereocenters. The smallest absolute Gasteiger partial charge is 0.224 e. The Morgan fingerprint density at radius 2 is 1.71 bits per heavy atom. The maximum atomic E-state index is 13.3. The Morgan fingerprint density at radius 3 is 2.29 bits per heavy atom. The fourth-order valence-electron chi connectivity index (χ4n) is 3.09. The van der Waals surface area contributed by atoms with E-state index in [0.717, 1.165) is 11.3 Å². The van der Waals surface area contributed by atoms with Crippen LogP contribution in [0.5, 0.6) is 11.5 Å². The number of methoxy groups -OCH3 is 1. The quantitative estimate of drug-likeness (QED) is 0.495. The second kappa shape index (κ2) is 10.5. The van der Waals surface area contributed by atoms with Crippen LogP contribution in [0, 0.1) is 0 Å². The Kier molecular flexibility index (Phi) is 7.70. The topological polar surface area (TPSA) is 81.7 Å². The number of carbonyl (C=O) groups is 1. The van der Waals surface area contributed by atoms with Gasteiger partial charge in [-0.1, -0.05) is 18.2 Å². The first kappa shape index (κ1) is 22.8. The molecule has 0 aliphatic carbocycles. The van der Waals surface area contributed by atoms with Crippen molar-refractivity contribution in [1.29, 1.82) is 0 Å². The van der Waals surface area contributed by atoms with Crippen LogP contribution in [0.3, 0.4) is 0 Å². The standard InChI is InChI=1S/C23H25NO5S2/c1-3-29-19-8-6-17(7-9-19)15-23(25)24-16-22(21-5-4-14-30-21)31(26,27)20-12-10-18(28-2)11-13-20/h4-14,22H,3,15-16H2,1-2H3,(H,24,25). The van der Waals surface area contributed by atoms with E-state index < -0.39 is 15.1 Å². The molecule has 0 aliphatic heterocycles. The largest absolute Gasteiger partial charge is 0.497 e. The highest BCUT2D eigenvalue weighted by Gasteiger charge is 2.30. The van der Waals surface area contributed by atoms with Crippen molar-refractivity contribution in [3.05, 3.63) is 76.5 Å². The molecule has 0 bridgehead atoms. The zero-order chi connectivity index (χ0) is 22.3. The highest BCUT2D eigenvalue weighted by Crippen LogP contribution is 2.32. The Bertz CT molecular complexity index is 1080. The average Bonchev–Trinajstić information content (AvgIpc) is 3.30. The lowest BCUT2D eigenvalue weighted by molar-refractivity contribution is -0.120. The normalized spacial score (nSPS) is 12.2. The molecule has 0 fully saturated rings. The van der Waals surface area contributed by atoms with Crippen LogP contribution in [0.2, 0.25) is 0 Å². The maximum absolute atomic E-state index is 13.3. The summed E-state index contributed by atoms with van der Waals surface area (Å²) in [5.41, 5.74) is 0.826. The van der Waals surface area contributed by atoms with Crippen LogP contribution >= 0.6 is 11.3 Å². The van der Waals surface area contributed by atoms with Gasteiger partial charge < -0.3 is 14.8 Å². The summed E-state index contributed by atoms with van der Waals surface area (Å²) in [4.78, 5) is 13.4. The summed E-state index contributed by atoms with van der Waals surface area (Å²) in [5, 5.41) is 3.75. The van der Waals surface area contributed by atoms with Gasteiger partial charge >= 0.3 is 0 Å². The minimum atomic E-state index is -3.71. The molecule has 1 heterocycles. The first-order chi connectivity index (χ1) is 14.9. The molecule has 2 aromatic carbocycles. The fraction of sp³-hybridized carbons (Fsp3) is 0.261. The lowest BCUT2D eigenvalue weighted by atomic mass is 10.1.